The number of carbonyl (C=O) groups is 2. The zero-order valence-corrected chi connectivity index (χ0v) is 15.8. The SMILES string of the molecule is O=C(O)C1CC12CCN(C(=O)C1CCCN1c1ncnc3sccc13)CC2. The van der Waals surface area contributed by atoms with Crippen LogP contribution in [-0.4, -0.2) is 57.5 Å². The van der Waals surface area contributed by atoms with Crippen LogP contribution < -0.4 is 4.90 Å². The second-order valence-electron chi connectivity index (χ2n) is 7.97. The van der Waals surface area contributed by atoms with Crippen LogP contribution >= 0.6 is 11.3 Å². The molecule has 142 valence electrons. The van der Waals surface area contributed by atoms with Gasteiger partial charge in [-0.15, -0.1) is 11.3 Å². The molecule has 4 heterocycles. The van der Waals surface area contributed by atoms with Crippen molar-refractivity contribution >= 4 is 39.2 Å². The first-order chi connectivity index (χ1) is 13.1. The molecule has 0 aromatic carbocycles. The van der Waals surface area contributed by atoms with Crippen LogP contribution in [0.4, 0.5) is 5.82 Å². The summed E-state index contributed by atoms with van der Waals surface area (Å²) < 4.78 is 0. The molecule has 1 amide bonds. The summed E-state index contributed by atoms with van der Waals surface area (Å²) in [5, 5.41) is 12.3. The molecule has 2 aliphatic heterocycles. The number of fused-ring (bicyclic) bond motifs is 1. The second kappa shape index (κ2) is 6.15. The van der Waals surface area contributed by atoms with Crippen LogP contribution in [0.2, 0.25) is 0 Å². The molecule has 7 nitrogen and oxygen atoms in total. The molecule has 2 saturated heterocycles. The number of amides is 1. The van der Waals surface area contributed by atoms with E-state index in [-0.39, 0.29) is 23.3 Å². The minimum absolute atomic E-state index is 0.0481. The van der Waals surface area contributed by atoms with E-state index in [0.717, 1.165) is 54.7 Å². The average Bonchev–Trinajstić information content (AvgIpc) is 3.06. The molecule has 2 aromatic heterocycles. The predicted octanol–water partition coefficient (Wildman–Crippen LogP) is 2.37. The van der Waals surface area contributed by atoms with Gasteiger partial charge in [-0.1, -0.05) is 0 Å². The summed E-state index contributed by atoms with van der Waals surface area (Å²) in [7, 11) is 0. The van der Waals surface area contributed by atoms with Crippen molar-refractivity contribution in [3.05, 3.63) is 17.8 Å². The fraction of sp³-hybridized carbons (Fsp3) is 0.579. The largest absolute Gasteiger partial charge is 0.481 e. The predicted molar refractivity (Wildman–Crippen MR) is 102 cm³/mol. The van der Waals surface area contributed by atoms with E-state index >= 15 is 0 Å². The lowest BCUT2D eigenvalue weighted by Crippen LogP contribution is -2.49. The Balaban J connectivity index is 1.32. The highest BCUT2D eigenvalue weighted by Gasteiger charge is 2.59. The van der Waals surface area contributed by atoms with Crippen molar-refractivity contribution in [3.8, 4) is 0 Å². The molecule has 2 unspecified atom stereocenters. The number of carboxylic acids is 1. The summed E-state index contributed by atoms with van der Waals surface area (Å²) in [4.78, 5) is 38.3. The van der Waals surface area contributed by atoms with Crippen molar-refractivity contribution in [2.24, 2.45) is 11.3 Å². The van der Waals surface area contributed by atoms with Crippen molar-refractivity contribution in [1.29, 1.82) is 0 Å². The Labute approximate surface area is 161 Å². The van der Waals surface area contributed by atoms with Crippen LogP contribution in [0, 0.1) is 11.3 Å². The average molecular weight is 386 g/mol. The van der Waals surface area contributed by atoms with Gasteiger partial charge in [0.2, 0.25) is 5.91 Å². The fourth-order valence-corrected chi connectivity index (χ4v) is 5.64. The van der Waals surface area contributed by atoms with E-state index < -0.39 is 5.97 Å². The minimum Gasteiger partial charge on any atom is -0.481 e. The van der Waals surface area contributed by atoms with E-state index in [2.05, 4.69) is 14.9 Å². The molecule has 8 heteroatoms. The molecule has 2 atom stereocenters. The van der Waals surface area contributed by atoms with E-state index in [0.29, 0.717) is 13.1 Å². The van der Waals surface area contributed by atoms with E-state index in [1.165, 1.54) is 0 Å². The maximum Gasteiger partial charge on any atom is 0.307 e. The zero-order valence-electron chi connectivity index (χ0n) is 15.0. The van der Waals surface area contributed by atoms with Crippen molar-refractivity contribution in [2.75, 3.05) is 24.5 Å². The maximum atomic E-state index is 13.2. The molecule has 3 aliphatic rings. The lowest BCUT2D eigenvalue weighted by atomic mass is 9.90. The van der Waals surface area contributed by atoms with Gasteiger partial charge in [0.25, 0.3) is 0 Å². The number of aliphatic carboxylic acids is 1. The monoisotopic (exact) mass is 386 g/mol. The topological polar surface area (TPSA) is 86.6 Å². The summed E-state index contributed by atoms with van der Waals surface area (Å²) in [6.45, 7) is 2.17. The third kappa shape index (κ3) is 2.69. The van der Waals surface area contributed by atoms with Gasteiger partial charge >= 0.3 is 5.97 Å². The number of anilines is 1. The van der Waals surface area contributed by atoms with Crippen LogP contribution in [0.15, 0.2) is 17.8 Å². The molecule has 0 radical (unpaired) electrons. The maximum absolute atomic E-state index is 13.2. The molecule has 3 fully saturated rings. The molecule has 0 bridgehead atoms. The van der Waals surface area contributed by atoms with E-state index in [1.807, 2.05) is 16.3 Å². The number of aromatic nitrogens is 2. The molecular weight excluding hydrogens is 364 g/mol. The number of nitrogens with zero attached hydrogens (tertiary/aromatic N) is 4. The molecule has 1 N–H and O–H groups in total. The number of hydrogen-bond acceptors (Lipinski definition) is 6. The summed E-state index contributed by atoms with van der Waals surface area (Å²) in [5.74, 6) is 0.140. The third-order valence-corrected chi connectivity index (χ3v) is 7.43. The highest BCUT2D eigenvalue weighted by molar-refractivity contribution is 7.16. The number of likely N-dealkylation sites (tertiary alicyclic amines) is 1. The third-order valence-electron chi connectivity index (χ3n) is 6.61. The summed E-state index contributed by atoms with van der Waals surface area (Å²) in [6, 6.07) is 1.85. The highest BCUT2D eigenvalue weighted by Crippen LogP contribution is 2.59. The Bertz CT molecular complexity index is 905. The van der Waals surface area contributed by atoms with Crippen molar-refractivity contribution in [1.82, 2.24) is 14.9 Å². The Morgan fingerprint density at radius 3 is 2.78 bits per heavy atom. The lowest BCUT2D eigenvalue weighted by Gasteiger charge is -2.36. The van der Waals surface area contributed by atoms with Crippen LogP contribution in [0.1, 0.15) is 32.1 Å². The van der Waals surface area contributed by atoms with Gasteiger partial charge in [-0.05, 0) is 49.0 Å². The Morgan fingerprint density at radius 2 is 2.04 bits per heavy atom. The van der Waals surface area contributed by atoms with Gasteiger partial charge in [0.1, 0.15) is 23.0 Å². The molecule has 27 heavy (non-hydrogen) atoms. The summed E-state index contributed by atoms with van der Waals surface area (Å²) >= 11 is 1.59. The minimum atomic E-state index is -0.680. The van der Waals surface area contributed by atoms with E-state index in [4.69, 9.17) is 0 Å². The summed E-state index contributed by atoms with van der Waals surface area (Å²) in [6.07, 6.45) is 5.79. The van der Waals surface area contributed by atoms with Crippen molar-refractivity contribution < 1.29 is 14.7 Å². The first-order valence-electron chi connectivity index (χ1n) is 9.55. The molecule has 1 aliphatic carbocycles. The number of piperidine rings is 1. The van der Waals surface area contributed by atoms with Crippen LogP contribution in [0.5, 0.6) is 0 Å². The van der Waals surface area contributed by atoms with Gasteiger partial charge in [0.05, 0.1) is 11.3 Å². The van der Waals surface area contributed by atoms with Gasteiger partial charge < -0.3 is 14.9 Å². The van der Waals surface area contributed by atoms with Gasteiger partial charge in [0, 0.05) is 19.6 Å². The molecular formula is C19H22N4O3S. The lowest BCUT2D eigenvalue weighted by molar-refractivity contribution is -0.140. The van der Waals surface area contributed by atoms with Gasteiger partial charge in [-0.25, -0.2) is 9.97 Å². The standard InChI is InChI=1S/C19H22N4O3S/c24-17(22-7-4-19(5-8-22)10-13(19)18(25)26)14-2-1-6-23(14)15-12-3-9-27-16(12)21-11-20-15/h3,9,11,13-14H,1-2,4-8,10H2,(H,25,26). The highest BCUT2D eigenvalue weighted by atomic mass is 32.1. The first-order valence-corrected chi connectivity index (χ1v) is 10.4. The van der Waals surface area contributed by atoms with Crippen LogP contribution in [-0.2, 0) is 9.59 Å². The number of hydrogen-bond donors (Lipinski definition) is 1. The Morgan fingerprint density at radius 1 is 1.22 bits per heavy atom. The van der Waals surface area contributed by atoms with Gasteiger partial charge in [-0.3, -0.25) is 9.59 Å². The quantitative estimate of drug-likeness (QED) is 0.872. The number of carboxylic acid groups (broad SMARTS) is 1. The first kappa shape index (κ1) is 16.9. The number of rotatable bonds is 3. The van der Waals surface area contributed by atoms with Gasteiger partial charge in [-0.2, -0.15) is 0 Å². The van der Waals surface area contributed by atoms with Crippen LogP contribution in [0.25, 0.3) is 10.2 Å². The van der Waals surface area contributed by atoms with Crippen LogP contribution in [0.3, 0.4) is 0 Å². The van der Waals surface area contributed by atoms with Crippen molar-refractivity contribution in [2.45, 2.75) is 38.1 Å². The van der Waals surface area contributed by atoms with E-state index in [9.17, 15) is 14.7 Å². The summed E-state index contributed by atoms with van der Waals surface area (Å²) in [5.41, 5.74) is -0.0481. The molecule has 5 rings (SSSR count). The number of thiophene rings is 1. The second-order valence-corrected chi connectivity index (χ2v) is 8.87. The fourth-order valence-electron chi connectivity index (χ4n) is 4.92. The molecule has 2 aromatic rings. The number of carbonyl (C=O) groups excluding carboxylic acids is 1. The molecule has 1 spiro atoms. The van der Waals surface area contributed by atoms with Gasteiger partial charge in [0.15, 0.2) is 0 Å². The molecule has 1 saturated carbocycles. The normalized spacial score (nSPS) is 26.7. The zero-order chi connectivity index (χ0) is 18.6. The van der Waals surface area contributed by atoms with E-state index in [1.54, 1.807) is 17.7 Å². The Kier molecular flexibility index (Phi) is 3.86. The van der Waals surface area contributed by atoms with Crippen molar-refractivity contribution in [3.63, 3.8) is 0 Å². The smallest absolute Gasteiger partial charge is 0.307 e. The Hall–Kier alpha value is -2.22.